The first-order chi connectivity index (χ1) is 16.5. The summed E-state index contributed by atoms with van der Waals surface area (Å²) in [6.45, 7) is 10.1. The van der Waals surface area contributed by atoms with Crippen molar-refractivity contribution < 1.29 is 23.5 Å². The normalized spacial score (nSPS) is 22.4. The number of hydrogen-bond acceptors (Lipinski definition) is 6. The molecule has 7 nitrogen and oxygen atoms in total. The van der Waals surface area contributed by atoms with Gasteiger partial charge in [-0.15, -0.1) is 0 Å². The van der Waals surface area contributed by atoms with E-state index in [9.17, 15) is 14.4 Å². The molecule has 1 fully saturated rings. The quantitative estimate of drug-likeness (QED) is 0.352. The number of alkyl carbamates (subject to hydrolysis) is 1. The Balaban J connectivity index is 1.38. The first kappa shape index (κ1) is 25.3. The van der Waals surface area contributed by atoms with E-state index in [-0.39, 0.29) is 17.5 Å². The molecule has 1 saturated carbocycles. The van der Waals surface area contributed by atoms with E-state index >= 15 is 0 Å². The van der Waals surface area contributed by atoms with E-state index in [1.807, 2.05) is 39.8 Å². The van der Waals surface area contributed by atoms with Crippen LogP contribution in [0.1, 0.15) is 76.5 Å². The highest BCUT2D eigenvalue weighted by Gasteiger charge is 2.29. The molecule has 4 rings (SSSR count). The molecule has 2 aliphatic rings. The molecule has 0 bridgehead atoms. The van der Waals surface area contributed by atoms with E-state index in [1.165, 1.54) is 0 Å². The van der Waals surface area contributed by atoms with Gasteiger partial charge in [-0.05, 0) is 102 Å². The van der Waals surface area contributed by atoms with Crippen molar-refractivity contribution in [3.63, 3.8) is 0 Å². The smallest absolute Gasteiger partial charge is 0.407 e. The van der Waals surface area contributed by atoms with Gasteiger partial charge >= 0.3 is 17.7 Å². The van der Waals surface area contributed by atoms with Gasteiger partial charge in [0.1, 0.15) is 16.9 Å². The number of amides is 1. The molecule has 1 atom stereocenters. The van der Waals surface area contributed by atoms with E-state index in [4.69, 9.17) is 13.9 Å². The number of rotatable bonds is 4. The molecular weight excluding hydrogens is 446 g/mol. The average molecular weight is 484 g/mol. The lowest BCUT2D eigenvalue weighted by atomic mass is 9.82. The van der Waals surface area contributed by atoms with Crippen LogP contribution < -0.4 is 15.7 Å². The second-order valence-electron chi connectivity index (χ2n) is 11.3. The van der Waals surface area contributed by atoms with E-state index < -0.39 is 11.7 Å². The number of nitrogens with one attached hydrogen (secondary N) is 1. The van der Waals surface area contributed by atoms with Crippen molar-refractivity contribution in [3.8, 4) is 5.75 Å². The summed E-state index contributed by atoms with van der Waals surface area (Å²) in [7, 11) is 0. The number of esters is 1. The first-order valence-corrected chi connectivity index (χ1v) is 12.8. The van der Waals surface area contributed by atoms with Gasteiger partial charge in [-0.2, -0.15) is 0 Å². The Kier molecular flexibility index (Phi) is 7.25. The van der Waals surface area contributed by atoms with Crippen LogP contribution in [0.3, 0.4) is 0 Å². The average Bonchev–Trinajstić information content (AvgIpc) is 2.79. The van der Waals surface area contributed by atoms with Gasteiger partial charge in [-0.1, -0.05) is 6.92 Å². The van der Waals surface area contributed by atoms with E-state index in [1.54, 1.807) is 0 Å². The first-order valence-electron chi connectivity index (χ1n) is 12.8. The Morgan fingerprint density at radius 2 is 1.80 bits per heavy atom. The Morgan fingerprint density at radius 3 is 2.49 bits per heavy atom. The second kappa shape index (κ2) is 10.0. The number of carbonyl (C=O) groups excluding carboxylic acids is 2. The van der Waals surface area contributed by atoms with Crippen molar-refractivity contribution >= 4 is 23.0 Å². The molecule has 2 aliphatic carbocycles. The summed E-state index contributed by atoms with van der Waals surface area (Å²) >= 11 is 0. The minimum atomic E-state index is -0.521. The molecule has 7 heteroatoms. The van der Waals surface area contributed by atoms with Crippen LogP contribution in [0.5, 0.6) is 5.75 Å². The molecule has 1 N–H and O–H groups in total. The zero-order valence-electron chi connectivity index (χ0n) is 21.5. The summed E-state index contributed by atoms with van der Waals surface area (Å²) in [5.74, 6) is 0.860. The van der Waals surface area contributed by atoms with Crippen LogP contribution in [-0.2, 0) is 22.4 Å². The van der Waals surface area contributed by atoms with Gasteiger partial charge in [-0.25, -0.2) is 9.59 Å². The standard InChI is InChI=1S/C28H37NO6/c1-16-6-11-21-22(14-16)20-12-13-23(17(2)24(20)34-26(21)31)33-25(30)19-9-7-18(8-10-19)15-29-27(32)35-28(3,4)5/h12-13,16,18-19H,6-11,14-15H2,1-5H3,(H,29,32)/t16-,18?,19?/m0/s1. The molecule has 0 radical (unpaired) electrons. The van der Waals surface area contributed by atoms with Crippen molar-refractivity contribution in [1.29, 1.82) is 0 Å². The maximum atomic E-state index is 12.9. The van der Waals surface area contributed by atoms with E-state index in [0.29, 0.717) is 48.1 Å². The van der Waals surface area contributed by atoms with Crippen LogP contribution >= 0.6 is 0 Å². The third kappa shape index (κ3) is 5.88. The number of hydrogen-bond donors (Lipinski definition) is 1. The van der Waals surface area contributed by atoms with Gasteiger partial charge in [0.2, 0.25) is 0 Å². The molecule has 0 saturated heterocycles. The molecule has 35 heavy (non-hydrogen) atoms. The minimum absolute atomic E-state index is 0.181. The second-order valence-corrected chi connectivity index (χ2v) is 11.3. The van der Waals surface area contributed by atoms with Crippen LogP contribution in [-0.4, -0.2) is 24.2 Å². The lowest BCUT2D eigenvalue weighted by Gasteiger charge is -2.28. The van der Waals surface area contributed by atoms with Gasteiger partial charge in [0, 0.05) is 23.1 Å². The number of aryl methyl sites for hydroxylation is 1. The van der Waals surface area contributed by atoms with Crippen LogP contribution in [0.15, 0.2) is 21.3 Å². The third-order valence-corrected chi connectivity index (χ3v) is 7.25. The van der Waals surface area contributed by atoms with Crippen LogP contribution in [0.4, 0.5) is 4.79 Å². The zero-order valence-corrected chi connectivity index (χ0v) is 21.5. The number of carbonyl (C=O) groups is 2. The summed E-state index contributed by atoms with van der Waals surface area (Å²) in [4.78, 5) is 37.4. The maximum Gasteiger partial charge on any atom is 0.407 e. The van der Waals surface area contributed by atoms with Crippen molar-refractivity contribution in [3.05, 3.63) is 39.2 Å². The minimum Gasteiger partial charge on any atom is -0.444 e. The molecule has 190 valence electrons. The Bertz CT molecular complexity index is 1170. The lowest BCUT2D eigenvalue weighted by molar-refractivity contribution is -0.140. The van der Waals surface area contributed by atoms with Crippen LogP contribution in [0, 0.1) is 24.7 Å². The van der Waals surface area contributed by atoms with Crippen molar-refractivity contribution in [2.45, 2.75) is 85.2 Å². The molecule has 2 aromatic rings. The molecule has 1 heterocycles. The van der Waals surface area contributed by atoms with Crippen molar-refractivity contribution in [1.82, 2.24) is 5.32 Å². The fraction of sp³-hybridized carbons (Fsp3) is 0.607. The van der Waals surface area contributed by atoms with Gasteiger partial charge < -0.3 is 19.2 Å². The highest BCUT2D eigenvalue weighted by atomic mass is 16.6. The summed E-state index contributed by atoms with van der Waals surface area (Å²) in [5, 5.41) is 3.78. The summed E-state index contributed by atoms with van der Waals surface area (Å²) in [5.41, 5.74) is 2.28. The molecule has 1 amide bonds. The van der Waals surface area contributed by atoms with Gasteiger partial charge in [-0.3, -0.25) is 4.79 Å². The van der Waals surface area contributed by atoms with Gasteiger partial charge in [0.05, 0.1) is 5.92 Å². The Morgan fingerprint density at radius 1 is 1.09 bits per heavy atom. The maximum absolute atomic E-state index is 12.9. The molecule has 0 aliphatic heterocycles. The Labute approximate surface area is 206 Å². The van der Waals surface area contributed by atoms with Crippen LogP contribution in [0.25, 0.3) is 11.0 Å². The molecule has 0 spiro atoms. The van der Waals surface area contributed by atoms with Gasteiger partial charge in [0.15, 0.2) is 0 Å². The zero-order chi connectivity index (χ0) is 25.3. The number of benzene rings is 1. The molecule has 1 aromatic carbocycles. The van der Waals surface area contributed by atoms with Crippen molar-refractivity contribution in [2.75, 3.05) is 6.54 Å². The molecule has 0 unspecified atom stereocenters. The fourth-order valence-electron chi connectivity index (χ4n) is 5.26. The fourth-order valence-corrected chi connectivity index (χ4v) is 5.26. The lowest BCUT2D eigenvalue weighted by Crippen LogP contribution is -2.36. The largest absolute Gasteiger partial charge is 0.444 e. The van der Waals surface area contributed by atoms with Crippen LogP contribution in [0.2, 0.25) is 0 Å². The highest BCUT2D eigenvalue weighted by Crippen LogP contribution is 2.35. The third-order valence-electron chi connectivity index (χ3n) is 7.25. The number of fused-ring (bicyclic) bond motifs is 3. The van der Waals surface area contributed by atoms with Crippen molar-refractivity contribution in [2.24, 2.45) is 17.8 Å². The van der Waals surface area contributed by atoms with E-state index in [2.05, 4.69) is 12.2 Å². The highest BCUT2D eigenvalue weighted by molar-refractivity contribution is 5.87. The molecular formula is C28H37NO6. The summed E-state index contributed by atoms with van der Waals surface area (Å²) in [6.07, 6.45) is 5.31. The predicted molar refractivity (Wildman–Crippen MR) is 134 cm³/mol. The summed E-state index contributed by atoms with van der Waals surface area (Å²) < 4.78 is 16.8. The monoisotopic (exact) mass is 483 g/mol. The predicted octanol–water partition coefficient (Wildman–Crippen LogP) is 5.46. The summed E-state index contributed by atoms with van der Waals surface area (Å²) in [6, 6.07) is 3.75. The number of ether oxygens (including phenoxy) is 2. The molecule has 1 aromatic heterocycles. The topological polar surface area (TPSA) is 94.8 Å². The van der Waals surface area contributed by atoms with E-state index in [0.717, 1.165) is 48.6 Å². The Hall–Kier alpha value is -2.83. The SMILES string of the molecule is Cc1c(OC(=O)C2CCC(CNC(=O)OC(C)(C)C)CC2)ccc2c3c(c(=O)oc12)CC[C@H](C)C3. The van der Waals surface area contributed by atoms with Gasteiger partial charge in [0.25, 0.3) is 0 Å².